The summed E-state index contributed by atoms with van der Waals surface area (Å²) in [5.41, 5.74) is 2.98. The molecule has 0 unspecified atom stereocenters. The SMILES string of the molecule is C[C@H]1C[C@@H](C(=O)NCC#N)N(c2ccc(Cl)c(-c3ccccc3)c2)C1. The van der Waals surface area contributed by atoms with Gasteiger partial charge in [-0.25, -0.2) is 0 Å². The number of benzene rings is 2. The second kappa shape index (κ2) is 7.58. The molecule has 2 atom stereocenters. The van der Waals surface area contributed by atoms with E-state index in [2.05, 4.69) is 17.1 Å². The van der Waals surface area contributed by atoms with Crippen molar-refractivity contribution in [2.75, 3.05) is 18.0 Å². The van der Waals surface area contributed by atoms with Crippen molar-refractivity contribution in [2.45, 2.75) is 19.4 Å². The molecule has 4 nitrogen and oxygen atoms in total. The summed E-state index contributed by atoms with van der Waals surface area (Å²) in [6, 6.07) is 17.6. The van der Waals surface area contributed by atoms with Gasteiger partial charge in [0.1, 0.15) is 12.6 Å². The Morgan fingerprint density at radius 2 is 2.08 bits per heavy atom. The zero-order valence-corrected chi connectivity index (χ0v) is 14.8. The fourth-order valence-corrected chi connectivity index (χ4v) is 3.58. The largest absolute Gasteiger partial charge is 0.359 e. The minimum Gasteiger partial charge on any atom is -0.359 e. The van der Waals surface area contributed by atoms with Crippen molar-refractivity contribution >= 4 is 23.2 Å². The van der Waals surface area contributed by atoms with Crippen molar-refractivity contribution in [3.05, 3.63) is 53.6 Å². The lowest BCUT2D eigenvalue weighted by atomic mass is 10.0. The predicted octanol–water partition coefficient (Wildman–Crippen LogP) is 3.86. The summed E-state index contributed by atoms with van der Waals surface area (Å²) in [6.07, 6.45) is 0.778. The molecule has 0 spiro atoms. The molecule has 1 heterocycles. The lowest BCUT2D eigenvalue weighted by molar-refractivity contribution is -0.122. The third kappa shape index (κ3) is 3.78. The van der Waals surface area contributed by atoms with Gasteiger partial charge in [-0.1, -0.05) is 48.9 Å². The molecule has 1 N–H and O–H groups in total. The number of halogens is 1. The van der Waals surface area contributed by atoms with Gasteiger partial charge in [-0.3, -0.25) is 4.79 Å². The Hall–Kier alpha value is -2.51. The molecule has 1 aliphatic rings. The Labute approximate surface area is 153 Å². The van der Waals surface area contributed by atoms with Gasteiger partial charge >= 0.3 is 0 Å². The van der Waals surface area contributed by atoms with Crippen LogP contribution in [0, 0.1) is 17.2 Å². The monoisotopic (exact) mass is 353 g/mol. The van der Waals surface area contributed by atoms with Crippen LogP contribution in [0.2, 0.25) is 5.02 Å². The first-order chi connectivity index (χ1) is 12.1. The lowest BCUT2D eigenvalue weighted by Gasteiger charge is -2.26. The number of nitriles is 1. The summed E-state index contributed by atoms with van der Waals surface area (Å²) in [7, 11) is 0. The number of rotatable bonds is 4. The van der Waals surface area contributed by atoms with Crippen molar-refractivity contribution in [2.24, 2.45) is 5.92 Å². The van der Waals surface area contributed by atoms with Gasteiger partial charge in [0.25, 0.3) is 0 Å². The molecular weight excluding hydrogens is 334 g/mol. The van der Waals surface area contributed by atoms with Gasteiger partial charge in [0, 0.05) is 22.8 Å². The van der Waals surface area contributed by atoms with Crippen LogP contribution >= 0.6 is 11.6 Å². The quantitative estimate of drug-likeness (QED) is 0.849. The molecule has 25 heavy (non-hydrogen) atoms. The van der Waals surface area contributed by atoms with Crippen molar-refractivity contribution in [1.29, 1.82) is 5.26 Å². The number of hydrogen-bond acceptors (Lipinski definition) is 3. The standard InChI is InChI=1S/C20H20ClN3O/c1-14-11-19(20(25)23-10-9-22)24(13-14)16-7-8-18(21)17(12-16)15-5-3-2-4-6-15/h2-8,12,14,19H,10-11,13H2,1H3,(H,23,25)/t14-,19-/m0/s1. The zero-order valence-electron chi connectivity index (χ0n) is 14.1. The minimum atomic E-state index is -0.256. The summed E-state index contributed by atoms with van der Waals surface area (Å²) in [5, 5.41) is 12.1. The highest BCUT2D eigenvalue weighted by atomic mass is 35.5. The van der Waals surface area contributed by atoms with Gasteiger partial charge in [0.15, 0.2) is 0 Å². The van der Waals surface area contributed by atoms with Crippen molar-refractivity contribution in [3.63, 3.8) is 0 Å². The van der Waals surface area contributed by atoms with Crippen LogP contribution in [-0.4, -0.2) is 25.0 Å². The van der Waals surface area contributed by atoms with Crippen LogP contribution in [0.15, 0.2) is 48.5 Å². The maximum Gasteiger partial charge on any atom is 0.243 e. The minimum absolute atomic E-state index is 0.0352. The molecular formula is C20H20ClN3O. The summed E-state index contributed by atoms with van der Waals surface area (Å²) < 4.78 is 0. The molecule has 128 valence electrons. The number of anilines is 1. The fourth-order valence-electron chi connectivity index (χ4n) is 3.36. The van der Waals surface area contributed by atoms with Crippen molar-refractivity contribution in [3.8, 4) is 17.2 Å². The summed E-state index contributed by atoms with van der Waals surface area (Å²) in [4.78, 5) is 14.5. The first kappa shape index (κ1) is 17.3. The molecule has 1 aliphatic heterocycles. The van der Waals surface area contributed by atoms with E-state index in [0.29, 0.717) is 10.9 Å². The van der Waals surface area contributed by atoms with Gasteiger partial charge in [0.2, 0.25) is 5.91 Å². The average Bonchev–Trinajstić information content (AvgIpc) is 3.02. The summed E-state index contributed by atoms with van der Waals surface area (Å²) in [5.74, 6) is 0.316. The van der Waals surface area contributed by atoms with E-state index in [1.54, 1.807) is 0 Å². The first-order valence-corrected chi connectivity index (χ1v) is 8.74. The van der Waals surface area contributed by atoms with Crippen LogP contribution in [0.3, 0.4) is 0 Å². The van der Waals surface area contributed by atoms with Crippen LogP contribution in [0.1, 0.15) is 13.3 Å². The average molecular weight is 354 g/mol. The molecule has 0 saturated carbocycles. The normalized spacial score (nSPS) is 19.5. The van der Waals surface area contributed by atoms with E-state index >= 15 is 0 Å². The van der Waals surface area contributed by atoms with Gasteiger partial charge < -0.3 is 10.2 Å². The lowest BCUT2D eigenvalue weighted by Crippen LogP contribution is -2.43. The molecule has 1 saturated heterocycles. The molecule has 2 aromatic rings. The molecule has 0 bridgehead atoms. The number of nitrogens with zero attached hydrogens (tertiary/aromatic N) is 2. The highest BCUT2D eigenvalue weighted by Crippen LogP contribution is 2.35. The molecule has 2 aromatic carbocycles. The summed E-state index contributed by atoms with van der Waals surface area (Å²) >= 11 is 6.40. The maximum absolute atomic E-state index is 12.4. The van der Waals surface area contributed by atoms with E-state index in [1.807, 2.05) is 54.6 Å². The third-order valence-corrected chi connectivity index (χ3v) is 4.85. The fraction of sp³-hybridized carbons (Fsp3) is 0.300. The second-order valence-corrected chi connectivity index (χ2v) is 6.82. The first-order valence-electron chi connectivity index (χ1n) is 8.36. The molecule has 0 aromatic heterocycles. The second-order valence-electron chi connectivity index (χ2n) is 6.42. The van der Waals surface area contributed by atoms with E-state index in [1.165, 1.54) is 0 Å². The van der Waals surface area contributed by atoms with Gasteiger partial charge in [-0.05, 0) is 36.1 Å². The number of carbonyl (C=O) groups excluding carboxylic acids is 1. The Kier molecular flexibility index (Phi) is 5.25. The highest BCUT2D eigenvalue weighted by molar-refractivity contribution is 6.33. The Morgan fingerprint density at radius 1 is 1.32 bits per heavy atom. The molecule has 0 radical (unpaired) electrons. The third-order valence-electron chi connectivity index (χ3n) is 4.52. The highest BCUT2D eigenvalue weighted by Gasteiger charge is 2.35. The summed E-state index contributed by atoms with van der Waals surface area (Å²) in [6.45, 7) is 2.98. The maximum atomic E-state index is 12.4. The molecule has 1 fully saturated rings. The van der Waals surface area contributed by atoms with Crippen molar-refractivity contribution in [1.82, 2.24) is 5.32 Å². The topological polar surface area (TPSA) is 56.1 Å². The van der Waals surface area contributed by atoms with E-state index in [-0.39, 0.29) is 18.5 Å². The number of nitrogens with one attached hydrogen (secondary N) is 1. The van der Waals surface area contributed by atoms with Gasteiger partial charge in [0.05, 0.1) is 6.07 Å². The Morgan fingerprint density at radius 3 is 2.80 bits per heavy atom. The van der Waals surface area contributed by atoms with Crippen LogP contribution in [0.5, 0.6) is 0 Å². The van der Waals surface area contributed by atoms with E-state index < -0.39 is 0 Å². The zero-order chi connectivity index (χ0) is 17.8. The smallest absolute Gasteiger partial charge is 0.243 e. The van der Waals surface area contributed by atoms with Crippen LogP contribution in [0.4, 0.5) is 5.69 Å². The molecule has 3 rings (SSSR count). The van der Waals surface area contributed by atoms with Crippen LogP contribution in [-0.2, 0) is 4.79 Å². The van der Waals surface area contributed by atoms with Crippen molar-refractivity contribution < 1.29 is 4.79 Å². The molecule has 1 amide bonds. The Balaban J connectivity index is 1.92. The van der Waals surface area contributed by atoms with E-state index in [0.717, 1.165) is 29.8 Å². The van der Waals surface area contributed by atoms with E-state index in [4.69, 9.17) is 16.9 Å². The van der Waals surface area contributed by atoms with E-state index in [9.17, 15) is 4.79 Å². The predicted molar refractivity (Wildman–Crippen MR) is 100 cm³/mol. The van der Waals surface area contributed by atoms with Crippen LogP contribution in [0.25, 0.3) is 11.1 Å². The van der Waals surface area contributed by atoms with Gasteiger partial charge in [-0.15, -0.1) is 0 Å². The van der Waals surface area contributed by atoms with Crippen LogP contribution < -0.4 is 10.2 Å². The molecule has 5 heteroatoms. The Bertz CT molecular complexity index is 800. The number of carbonyl (C=O) groups is 1. The number of amides is 1. The molecule has 0 aliphatic carbocycles. The number of hydrogen-bond donors (Lipinski definition) is 1. The van der Waals surface area contributed by atoms with Gasteiger partial charge in [-0.2, -0.15) is 5.26 Å².